The van der Waals surface area contributed by atoms with Crippen LogP contribution in [0.5, 0.6) is 5.75 Å². The first-order valence-corrected chi connectivity index (χ1v) is 7.17. The van der Waals surface area contributed by atoms with Gasteiger partial charge in [0.25, 0.3) is 5.91 Å². The van der Waals surface area contributed by atoms with Crippen molar-refractivity contribution in [1.82, 2.24) is 5.32 Å². The molecule has 1 aliphatic rings. The maximum absolute atomic E-state index is 11.9. The van der Waals surface area contributed by atoms with E-state index in [-0.39, 0.29) is 17.9 Å². The van der Waals surface area contributed by atoms with E-state index >= 15 is 0 Å². The second-order valence-corrected chi connectivity index (χ2v) is 5.58. The third-order valence-corrected chi connectivity index (χ3v) is 4.34. The zero-order chi connectivity index (χ0) is 13.0. The lowest BCUT2D eigenvalue weighted by Crippen LogP contribution is -2.36. The number of aliphatic hydroxyl groups is 1. The van der Waals surface area contributed by atoms with E-state index in [1.165, 1.54) is 11.3 Å². The van der Waals surface area contributed by atoms with Gasteiger partial charge in [-0.3, -0.25) is 4.79 Å². The highest BCUT2D eigenvalue weighted by Crippen LogP contribution is 2.24. The summed E-state index contributed by atoms with van der Waals surface area (Å²) >= 11 is 1.37. The summed E-state index contributed by atoms with van der Waals surface area (Å²) in [5, 5.41) is 14.5. The minimum atomic E-state index is -0.267. The Kier molecular flexibility index (Phi) is 4.60. The smallest absolute Gasteiger partial charge is 0.261 e. The van der Waals surface area contributed by atoms with Gasteiger partial charge in [0.2, 0.25) is 0 Å². The molecule has 5 heteroatoms. The Bertz CT molecular complexity index is 405. The Hall–Kier alpha value is -1.07. The van der Waals surface area contributed by atoms with Crippen molar-refractivity contribution in [3.8, 4) is 5.75 Å². The zero-order valence-electron chi connectivity index (χ0n) is 10.5. The summed E-state index contributed by atoms with van der Waals surface area (Å²) in [5.74, 6) is 0.827. The van der Waals surface area contributed by atoms with E-state index in [1.54, 1.807) is 13.2 Å². The lowest BCUT2D eigenvalue weighted by Gasteiger charge is -2.27. The second-order valence-electron chi connectivity index (χ2n) is 4.67. The van der Waals surface area contributed by atoms with Crippen molar-refractivity contribution in [2.75, 3.05) is 13.7 Å². The molecule has 1 aromatic heterocycles. The molecule has 1 saturated carbocycles. The summed E-state index contributed by atoms with van der Waals surface area (Å²) in [4.78, 5) is 12.5. The van der Waals surface area contributed by atoms with Gasteiger partial charge in [-0.1, -0.05) is 12.8 Å². The van der Waals surface area contributed by atoms with Gasteiger partial charge in [-0.2, -0.15) is 0 Å². The fraction of sp³-hybridized carbons (Fsp3) is 0.615. The first kappa shape index (κ1) is 13.4. The standard InChI is InChI=1S/C13H19NO3S/c1-17-10-6-12(18-8-10)13(16)14-7-9-4-2-3-5-11(9)15/h6,8-9,11,15H,2-5,7H2,1H3,(H,14,16). The lowest BCUT2D eigenvalue weighted by molar-refractivity contribution is 0.0664. The quantitative estimate of drug-likeness (QED) is 0.879. The average molecular weight is 269 g/mol. The maximum Gasteiger partial charge on any atom is 0.261 e. The summed E-state index contributed by atoms with van der Waals surface area (Å²) in [6, 6.07) is 1.73. The van der Waals surface area contributed by atoms with Gasteiger partial charge in [-0.05, 0) is 12.8 Å². The van der Waals surface area contributed by atoms with E-state index in [9.17, 15) is 9.90 Å². The summed E-state index contributed by atoms with van der Waals surface area (Å²) in [7, 11) is 1.59. The summed E-state index contributed by atoms with van der Waals surface area (Å²) in [6.07, 6.45) is 3.82. The Morgan fingerprint density at radius 2 is 2.33 bits per heavy atom. The number of amides is 1. The highest BCUT2D eigenvalue weighted by Gasteiger charge is 2.23. The van der Waals surface area contributed by atoms with Crippen molar-refractivity contribution in [2.24, 2.45) is 5.92 Å². The van der Waals surface area contributed by atoms with Crippen LogP contribution < -0.4 is 10.1 Å². The zero-order valence-corrected chi connectivity index (χ0v) is 11.3. The number of hydrogen-bond donors (Lipinski definition) is 2. The van der Waals surface area contributed by atoms with Crippen LogP contribution in [0.3, 0.4) is 0 Å². The predicted molar refractivity (Wildman–Crippen MR) is 71.2 cm³/mol. The normalized spacial score (nSPS) is 23.7. The highest BCUT2D eigenvalue weighted by atomic mass is 32.1. The van der Waals surface area contributed by atoms with E-state index in [0.29, 0.717) is 17.2 Å². The Morgan fingerprint density at radius 1 is 1.56 bits per heavy atom. The van der Waals surface area contributed by atoms with Crippen LogP contribution in [-0.2, 0) is 0 Å². The number of thiophene rings is 1. The number of nitrogens with one attached hydrogen (secondary N) is 1. The van der Waals surface area contributed by atoms with Gasteiger partial charge in [0.05, 0.1) is 18.1 Å². The maximum atomic E-state index is 11.9. The molecule has 18 heavy (non-hydrogen) atoms. The van der Waals surface area contributed by atoms with Crippen LogP contribution in [0.2, 0.25) is 0 Å². The molecule has 1 heterocycles. The molecule has 2 N–H and O–H groups in total. The molecule has 0 aromatic carbocycles. The number of ether oxygens (including phenoxy) is 1. The number of methoxy groups -OCH3 is 1. The third kappa shape index (κ3) is 3.23. The van der Waals surface area contributed by atoms with Gasteiger partial charge in [0, 0.05) is 23.9 Å². The molecule has 1 fully saturated rings. The second kappa shape index (κ2) is 6.20. The molecule has 4 nitrogen and oxygen atoms in total. The van der Waals surface area contributed by atoms with Gasteiger partial charge >= 0.3 is 0 Å². The molecule has 0 bridgehead atoms. The molecule has 1 aromatic rings. The van der Waals surface area contributed by atoms with E-state index in [1.807, 2.05) is 5.38 Å². The van der Waals surface area contributed by atoms with Crippen LogP contribution in [0.15, 0.2) is 11.4 Å². The molecular weight excluding hydrogens is 250 g/mol. The van der Waals surface area contributed by atoms with Crippen LogP contribution in [0.4, 0.5) is 0 Å². The largest absolute Gasteiger partial charge is 0.496 e. The number of carbonyl (C=O) groups is 1. The average Bonchev–Trinajstić information content (AvgIpc) is 2.86. The molecular formula is C13H19NO3S. The summed E-state index contributed by atoms with van der Waals surface area (Å²) in [5.41, 5.74) is 0. The minimum absolute atomic E-state index is 0.0823. The third-order valence-electron chi connectivity index (χ3n) is 3.43. The predicted octanol–water partition coefficient (Wildman–Crippen LogP) is 2.04. The Labute approximate surface area is 111 Å². The number of carbonyl (C=O) groups excluding carboxylic acids is 1. The van der Waals surface area contributed by atoms with Crippen LogP contribution in [0.1, 0.15) is 35.4 Å². The first-order chi connectivity index (χ1) is 8.70. The van der Waals surface area contributed by atoms with Crippen molar-refractivity contribution >= 4 is 17.2 Å². The van der Waals surface area contributed by atoms with Crippen molar-refractivity contribution in [2.45, 2.75) is 31.8 Å². The first-order valence-electron chi connectivity index (χ1n) is 6.29. The van der Waals surface area contributed by atoms with E-state index in [2.05, 4.69) is 5.32 Å². The molecule has 2 rings (SSSR count). The van der Waals surface area contributed by atoms with E-state index in [4.69, 9.17) is 4.74 Å². The van der Waals surface area contributed by atoms with E-state index in [0.717, 1.165) is 25.7 Å². The molecule has 1 amide bonds. The minimum Gasteiger partial charge on any atom is -0.496 e. The van der Waals surface area contributed by atoms with Gasteiger partial charge < -0.3 is 15.2 Å². The van der Waals surface area contributed by atoms with Gasteiger partial charge in [-0.15, -0.1) is 11.3 Å². The Balaban J connectivity index is 1.84. The topological polar surface area (TPSA) is 58.6 Å². The summed E-state index contributed by atoms with van der Waals surface area (Å²) in [6.45, 7) is 0.556. The molecule has 1 aliphatic carbocycles. The van der Waals surface area contributed by atoms with Crippen molar-refractivity contribution in [1.29, 1.82) is 0 Å². The SMILES string of the molecule is COc1csc(C(=O)NCC2CCCCC2O)c1. The molecule has 100 valence electrons. The fourth-order valence-electron chi connectivity index (χ4n) is 2.28. The number of rotatable bonds is 4. The molecule has 0 spiro atoms. The highest BCUT2D eigenvalue weighted by molar-refractivity contribution is 7.12. The van der Waals surface area contributed by atoms with Crippen molar-refractivity contribution in [3.05, 3.63) is 16.3 Å². The Morgan fingerprint density at radius 3 is 3.00 bits per heavy atom. The van der Waals surface area contributed by atoms with E-state index < -0.39 is 0 Å². The lowest BCUT2D eigenvalue weighted by atomic mass is 9.86. The molecule has 0 radical (unpaired) electrons. The van der Waals surface area contributed by atoms with Gasteiger partial charge in [0.1, 0.15) is 5.75 Å². The molecule has 0 saturated heterocycles. The van der Waals surface area contributed by atoms with Crippen LogP contribution in [0.25, 0.3) is 0 Å². The number of hydrogen-bond acceptors (Lipinski definition) is 4. The van der Waals surface area contributed by atoms with Gasteiger partial charge in [-0.25, -0.2) is 0 Å². The molecule has 0 aliphatic heterocycles. The van der Waals surface area contributed by atoms with Crippen LogP contribution in [-0.4, -0.2) is 30.8 Å². The van der Waals surface area contributed by atoms with Gasteiger partial charge in [0.15, 0.2) is 0 Å². The van der Waals surface area contributed by atoms with Crippen LogP contribution >= 0.6 is 11.3 Å². The number of aliphatic hydroxyl groups excluding tert-OH is 1. The van der Waals surface area contributed by atoms with Crippen LogP contribution in [0, 0.1) is 5.92 Å². The molecule has 2 atom stereocenters. The van der Waals surface area contributed by atoms with Crippen molar-refractivity contribution < 1.29 is 14.6 Å². The fourth-order valence-corrected chi connectivity index (χ4v) is 3.05. The molecule has 2 unspecified atom stereocenters. The monoisotopic (exact) mass is 269 g/mol. The van der Waals surface area contributed by atoms with Crippen molar-refractivity contribution in [3.63, 3.8) is 0 Å². The summed E-state index contributed by atoms with van der Waals surface area (Å²) < 4.78 is 5.05.